The van der Waals surface area contributed by atoms with Crippen LogP contribution in [0.1, 0.15) is 17.4 Å². The topological polar surface area (TPSA) is 61.4 Å². The maximum absolute atomic E-state index is 12.4. The Morgan fingerprint density at radius 3 is 2.71 bits per heavy atom. The van der Waals surface area contributed by atoms with Gasteiger partial charge in [0, 0.05) is 43.6 Å². The van der Waals surface area contributed by atoms with E-state index in [1.165, 1.54) is 18.6 Å². The first-order valence-corrected chi connectivity index (χ1v) is 8.39. The average molecular weight is 346 g/mol. The number of carbonyl (C=O) groups is 1. The minimum absolute atomic E-state index is 0.277. The lowest BCUT2D eigenvalue weighted by Crippen LogP contribution is -2.46. The molecule has 24 heavy (non-hydrogen) atoms. The Morgan fingerprint density at radius 1 is 1.25 bits per heavy atom. The fraction of sp³-hybridized carbons (Fsp3) is 0.353. The van der Waals surface area contributed by atoms with E-state index in [1.807, 2.05) is 12.1 Å². The molecule has 1 aromatic heterocycles. The molecule has 126 valence electrons. The second-order valence-corrected chi connectivity index (χ2v) is 6.06. The monoisotopic (exact) mass is 345 g/mol. The van der Waals surface area contributed by atoms with Gasteiger partial charge in [-0.05, 0) is 24.7 Å². The number of rotatable bonds is 4. The van der Waals surface area contributed by atoms with Gasteiger partial charge in [0.15, 0.2) is 0 Å². The van der Waals surface area contributed by atoms with Gasteiger partial charge < -0.3 is 15.1 Å². The molecule has 3 rings (SSSR count). The summed E-state index contributed by atoms with van der Waals surface area (Å²) >= 11 is 6.12. The van der Waals surface area contributed by atoms with Crippen LogP contribution in [0.4, 0.5) is 11.4 Å². The van der Waals surface area contributed by atoms with Crippen LogP contribution in [0, 0.1) is 0 Å². The molecule has 1 aliphatic heterocycles. The van der Waals surface area contributed by atoms with Crippen molar-refractivity contribution in [2.75, 3.05) is 42.9 Å². The zero-order valence-corrected chi connectivity index (χ0v) is 14.3. The Kier molecular flexibility index (Phi) is 5.27. The molecule has 0 aliphatic carbocycles. The van der Waals surface area contributed by atoms with Crippen LogP contribution < -0.4 is 10.2 Å². The number of nitrogens with zero attached hydrogens (tertiary/aromatic N) is 4. The van der Waals surface area contributed by atoms with Crippen molar-refractivity contribution in [3.63, 3.8) is 0 Å². The first-order chi connectivity index (χ1) is 11.7. The van der Waals surface area contributed by atoms with Crippen molar-refractivity contribution in [1.29, 1.82) is 0 Å². The number of nitrogens with one attached hydrogen (secondary N) is 1. The third kappa shape index (κ3) is 3.83. The summed E-state index contributed by atoms with van der Waals surface area (Å²) in [6, 6.07) is 5.58. The minimum Gasteiger partial charge on any atom is -0.367 e. The maximum Gasteiger partial charge on any atom is 0.275 e. The van der Waals surface area contributed by atoms with Gasteiger partial charge in [0.1, 0.15) is 5.69 Å². The number of hydrogen-bond acceptors (Lipinski definition) is 5. The van der Waals surface area contributed by atoms with Gasteiger partial charge in [-0.3, -0.25) is 9.78 Å². The predicted octanol–water partition coefficient (Wildman–Crippen LogP) is 2.52. The van der Waals surface area contributed by atoms with Gasteiger partial charge in [0.2, 0.25) is 0 Å². The lowest BCUT2D eigenvalue weighted by Gasteiger charge is -2.36. The molecule has 1 fully saturated rings. The summed E-state index contributed by atoms with van der Waals surface area (Å²) in [5, 5.41) is 3.49. The van der Waals surface area contributed by atoms with E-state index < -0.39 is 0 Å². The molecule has 1 N–H and O–H groups in total. The van der Waals surface area contributed by atoms with Crippen LogP contribution in [0.5, 0.6) is 0 Å². The van der Waals surface area contributed by atoms with Crippen molar-refractivity contribution in [3.8, 4) is 0 Å². The summed E-state index contributed by atoms with van der Waals surface area (Å²) in [4.78, 5) is 25.0. The van der Waals surface area contributed by atoms with Crippen LogP contribution in [0.25, 0.3) is 0 Å². The van der Waals surface area contributed by atoms with Gasteiger partial charge in [-0.1, -0.05) is 18.5 Å². The number of benzene rings is 1. The number of amides is 1. The molecule has 1 saturated heterocycles. The number of hydrogen-bond donors (Lipinski definition) is 1. The van der Waals surface area contributed by atoms with Gasteiger partial charge in [0.05, 0.1) is 17.6 Å². The van der Waals surface area contributed by atoms with E-state index in [0.29, 0.717) is 10.7 Å². The third-order valence-electron chi connectivity index (χ3n) is 4.16. The van der Waals surface area contributed by atoms with Crippen molar-refractivity contribution < 1.29 is 4.79 Å². The summed E-state index contributed by atoms with van der Waals surface area (Å²) in [5.74, 6) is -0.293. The fourth-order valence-corrected chi connectivity index (χ4v) is 2.96. The van der Waals surface area contributed by atoms with E-state index >= 15 is 0 Å². The number of likely N-dealkylation sites (N-methyl/N-ethyl adjacent to an activating group) is 1. The Labute approximate surface area is 146 Å². The SMILES string of the molecule is CCN1CCN(c2ccc(Cl)cc2NC(=O)c2cnccn2)CC1. The van der Waals surface area contributed by atoms with Crippen molar-refractivity contribution in [1.82, 2.24) is 14.9 Å². The Hall–Kier alpha value is -2.18. The third-order valence-corrected chi connectivity index (χ3v) is 4.40. The van der Waals surface area contributed by atoms with Crippen LogP contribution in [-0.4, -0.2) is 53.5 Å². The minimum atomic E-state index is -0.293. The number of piperazine rings is 1. The smallest absolute Gasteiger partial charge is 0.275 e. The average Bonchev–Trinajstić information content (AvgIpc) is 2.63. The van der Waals surface area contributed by atoms with Gasteiger partial charge in [0.25, 0.3) is 5.91 Å². The molecule has 0 saturated carbocycles. The van der Waals surface area contributed by atoms with Crippen LogP contribution in [0.2, 0.25) is 5.02 Å². The largest absolute Gasteiger partial charge is 0.367 e. The second-order valence-electron chi connectivity index (χ2n) is 5.63. The van der Waals surface area contributed by atoms with Crippen molar-refractivity contribution >= 4 is 28.9 Å². The quantitative estimate of drug-likeness (QED) is 0.922. The van der Waals surface area contributed by atoms with Crippen LogP contribution >= 0.6 is 11.6 Å². The molecule has 0 radical (unpaired) electrons. The van der Waals surface area contributed by atoms with Crippen molar-refractivity contribution in [2.45, 2.75) is 6.92 Å². The summed E-state index contributed by atoms with van der Waals surface area (Å²) < 4.78 is 0. The fourth-order valence-electron chi connectivity index (χ4n) is 2.79. The summed E-state index contributed by atoms with van der Waals surface area (Å²) in [7, 11) is 0. The van der Waals surface area contributed by atoms with Crippen LogP contribution in [-0.2, 0) is 0 Å². The molecule has 2 heterocycles. The number of aromatic nitrogens is 2. The van der Waals surface area contributed by atoms with E-state index in [0.717, 1.165) is 38.4 Å². The summed E-state index contributed by atoms with van der Waals surface area (Å²) in [6.07, 6.45) is 4.48. The van der Waals surface area contributed by atoms with Crippen LogP contribution in [0.15, 0.2) is 36.8 Å². The van der Waals surface area contributed by atoms with Gasteiger partial charge in [-0.25, -0.2) is 4.98 Å². The van der Waals surface area contributed by atoms with Crippen LogP contribution in [0.3, 0.4) is 0 Å². The Bertz CT molecular complexity index is 701. The summed E-state index contributed by atoms with van der Waals surface area (Å²) in [6.45, 7) is 7.09. The number of carbonyl (C=O) groups excluding carboxylic acids is 1. The summed E-state index contributed by atoms with van der Waals surface area (Å²) in [5.41, 5.74) is 1.95. The molecule has 2 aromatic rings. The van der Waals surface area contributed by atoms with Crippen molar-refractivity contribution in [3.05, 3.63) is 47.5 Å². The molecule has 0 unspecified atom stereocenters. The molecular formula is C17H20ClN5O. The van der Waals surface area contributed by atoms with Gasteiger partial charge >= 0.3 is 0 Å². The second kappa shape index (κ2) is 7.59. The number of anilines is 2. The first-order valence-electron chi connectivity index (χ1n) is 8.01. The van der Waals surface area contributed by atoms with E-state index in [9.17, 15) is 4.79 Å². The normalized spacial score (nSPS) is 15.3. The van der Waals surface area contributed by atoms with E-state index in [2.05, 4.69) is 32.0 Å². The zero-order chi connectivity index (χ0) is 16.9. The molecule has 1 aliphatic rings. The lowest BCUT2D eigenvalue weighted by atomic mass is 10.2. The molecule has 0 atom stereocenters. The van der Waals surface area contributed by atoms with E-state index in [4.69, 9.17) is 11.6 Å². The maximum atomic E-state index is 12.4. The zero-order valence-electron chi connectivity index (χ0n) is 13.6. The first kappa shape index (κ1) is 16.7. The highest BCUT2D eigenvalue weighted by Crippen LogP contribution is 2.30. The van der Waals surface area contributed by atoms with E-state index in [-0.39, 0.29) is 11.6 Å². The lowest BCUT2D eigenvalue weighted by molar-refractivity contribution is 0.102. The predicted molar refractivity (Wildman–Crippen MR) is 95.8 cm³/mol. The highest BCUT2D eigenvalue weighted by Gasteiger charge is 2.20. The van der Waals surface area contributed by atoms with Crippen molar-refractivity contribution in [2.24, 2.45) is 0 Å². The Morgan fingerprint density at radius 2 is 2.04 bits per heavy atom. The number of halogens is 1. The van der Waals surface area contributed by atoms with E-state index in [1.54, 1.807) is 6.07 Å². The highest BCUT2D eigenvalue weighted by atomic mass is 35.5. The standard InChI is InChI=1S/C17H20ClN5O/c1-2-22-7-9-23(10-8-22)16-4-3-13(18)11-14(16)21-17(24)15-12-19-5-6-20-15/h3-6,11-12H,2,7-10H2,1H3,(H,21,24). The van der Waals surface area contributed by atoms with Gasteiger partial charge in [-0.2, -0.15) is 0 Å². The molecule has 7 heteroatoms. The Balaban J connectivity index is 1.80. The molecule has 1 aromatic carbocycles. The molecule has 1 amide bonds. The molecule has 0 bridgehead atoms. The molecular weight excluding hydrogens is 326 g/mol. The molecule has 6 nitrogen and oxygen atoms in total. The molecule has 0 spiro atoms. The highest BCUT2D eigenvalue weighted by molar-refractivity contribution is 6.31. The van der Waals surface area contributed by atoms with Gasteiger partial charge in [-0.15, -0.1) is 0 Å².